The van der Waals surface area contributed by atoms with E-state index in [1.807, 2.05) is 13.8 Å². The van der Waals surface area contributed by atoms with E-state index in [0.717, 1.165) is 9.87 Å². The predicted octanol–water partition coefficient (Wildman–Crippen LogP) is 3.15. The topological polar surface area (TPSA) is 72.9 Å². The van der Waals surface area contributed by atoms with Gasteiger partial charge >= 0.3 is 5.97 Å². The molecule has 6 nitrogen and oxygen atoms in total. The third-order valence-corrected chi connectivity index (χ3v) is 5.39. The van der Waals surface area contributed by atoms with Crippen molar-refractivity contribution in [1.29, 1.82) is 0 Å². The SMILES string of the molecule is CCOC(=O)CN(c1cccc(OCC)c1)S(=O)(=O)c1ccc(C)cc1. The van der Waals surface area contributed by atoms with Crippen molar-refractivity contribution in [1.82, 2.24) is 0 Å². The van der Waals surface area contributed by atoms with Gasteiger partial charge in [0.05, 0.1) is 23.8 Å². The van der Waals surface area contributed by atoms with Gasteiger partial charge in [-0.3, -0.25) is 9.10 Å². The van der Waals surface area contributed by atoms with E-state index in [1.165, 1.54) is 12.1 Å². The summed E-state index contributed by atoms with van der Waals surface area (Å²) < 4.78 is 37.7. The van der Waals surface area contributed by atoms with Gasteiger partial charge in [0.15, 0.2) is 0 Å². The maximum Gasteiger partial charge on any atom is 0.326 e. The van der Waals surface area contributed by atoms with Gasteiger partial charge in [0.1, 0.15) is 12.3 Å². The van der Waals surface area contributed by atoms with Gasteiger partial charge in [0.2, 0.25) is 0 Å². The second kappa shape index (κ2) is 8.71. The van der Waals surface area contributed by atoms with Crippen molar-refractivity contribution in [3.8, 4) is 5.75 Å². The van der Waals surface area contributed by atoms with Gasteiger partial charge in [-0.15, -0.1) is 0 Å². The Balaban J connectivity index is 2.48. The molecule has 0 unspecified atom stereocenters. The number of ether oxygens (including phenoxy) is 2. The summed E-state index contributed by atoms with van der Waals surface area (Å²) in [6.07, 6.45) is 0. The number of hydrogen-bond donors (Lipinski definition) is 0. The van der Waals surface area contributed by atoms with Crippen LogP contribution in [0.4, 0.5) is 5.69 Å². The number of carbonyl (C=O) groups excluding carboxylic acids is 1. The lowest BCUT2D eigenvalue weighted by atomic mass is 10.2. The maximum absolute atomic E-state index is 13.1. The number of benzene rings is 2. The van der Waals surface area contributed by atoms with Crippen molar-refractivity contribution in [3.63, 3.8) is 0 Å². The third kappa shape index (κ3) is 4.76. The number of anilines is 1. The number of nitrogens with zero attached hydrogens (tertiary/aromatic N) is 1. The van der Waals surface area contributed by atoms with Crippen molar-refractivity contribution in [2.75, 3.05) is 24.1 Å². The molecule has 0 aliphatic rings. The summed E-state index contributed by atoms with van der Waals surface area (Å²) in [7, 11) is -3.94. The van der Waals surface area contributed by atoms with E-state index >= 15 is 0 Å². The van der Waals surface area contributed by atoms with Crippen LogP contribution in [0.1, 0.15) is 19.4 Å². The molecule has 0 atom stereocenters. The molecule has 7 heteroatoms. The van der Waals surface area contributed by atoms with Crippen molar-refractivity contribution >= 4 is 21.7 Å². The minimum atomic E-state index is -3.94. The number of hydrogen-bond acceptors (Lipinski definition) is 5. The fourth-order valence-corrected chi connectivity index (χ4v) is 3.77. The molecule has 140 valence electrons. The second-order valence-electron chi connectivity index (χ2n) is 5.56. The Labute approximate surface area is 154 Å². The lowest BCUT2D eigenvalue weighted by Crippen LogP contribution is -2.36. The summed E-state index contributed by atoms with van der Waals surface area (Å²) in [6.45, 7) is 5.60. The molecule has 0 aliphatic heterocycles. The van der Waals surface area contributed by atoms with E-state index in [-0.39, 0.29) is 11.5 Å². The minimum absolute atomic E-state index is 0.106. The first-order valence-corrected chi connectivity index (χ1v) is 9.80. The van der Waals surface area contributed by atoms with Crippen LogP contribution < -0.4 is 9.04 Å². The van der Waals surface area contributed by atoms with Gasteiger partial charge in [-0.1, -0.05) is 23.8 Å². The molecule has 0 saturated heterocycles. The van der Waals surface area contributed by atoms with Crippen LogP contribution in [0.2, 0.25) is 0 Å². The molecule has 0 heterocycles. The maximum atomic E-state index is 13.1. The zero-order valence-corrected chi connectivity index (χ0v) is 16.0. The molecule has 0 fully saturated rings. The number of aryl methyl sites for hydroxylation is 1. The van der Waals surface area contributed by atoms with E-state index in [0.29, 0.717) is 18.0 Å². The quantitative estimate of drug-likeness (QED) is 0.661. The van der Waals surface area contributed by atoms with E-state index in [9.17, 15) is 13.2 Å². The number of carbonyl (C=O) groups is 1. The fourth-order valence-electron chi connectivity index (χ4n) is 2.37. The first-order chi connectivity index (χ1) is 12.4. The van der Waals surface area contributed by atoms with E-state index in [1.54, 1.807) is 43.3 Å². The Morgan fingerprint density at radius 2 is 1.73 bits per heavy atom. The summed E-state index contributed by atoms with van der Waals surface area (Å²) in [5, 5.41) is 0. The first kappa shape index (κ1) is 19.8. The van der Waals surface area contributed by atoms with Crippen LogP contribution in [0.15, 0.2) is 53.4 Å². The van der Waals surface area contributed by atoms with Crippen LogP contribution in [0, 0.1) is 6.92 Å². The van der Waals surface area contributed by atoms with Gasteiger partial charge in [-0.2, -0.15) is 0 Å². The lowest BCUT2D eigenvalue weighted by molar-refractivity contribution is -0.141. The van der Waals surface area contributed by atoms with Crippen molar-refractivity contribution in [3.05, 3.63) is 54.1 Å². The van der Waals surface area contributed by atoms with Gasteiger partial charge < -0.3 is 9.47 Å². The smallest absolute Gasteiger partial charge is 0.326 e. The molecule has 0 saturated carbocycles. The van der Waals surface area contributed by atoms with Crippen LogP contribution >= 0.6 is 0 Å². The molecule has 0 bridgehead atoms. The van der Waals surface area contributed by atoms with E-state index in [4.69, 9.17) is 9.47 Å². The molecule has 2 aromatic carbocycles. The highest BCUT2D eigenvalue weighted by Gasteiger charge is 2.28. The van der Waals surface area contributed by atoms with Gasteiger partial charge in [0.25, 0.3) is 10.0 Å². The zero-order valence-electron chi connectivity index (χ0n) is 15.1. The largest absolute Gasteiger partial charge is 0.494 e. The second-order valence-corrected chi connectivity index (χ2v) is 7.42. The van der Waals surface area contributed by atoms with Crippen LogP contribution in [0.25, 0.3) is 0 Å². The number of sulfonamides is 1. The molecule has 0 aromatic heterocycles. The summed E-state index contributed by atoms with van der Waals surface area (Å²) in [6, 6.07) is 13.1. The molecule has 26 heavy (non-hydrogen) atoms. The van der Waals surface area contributed by atoms with Crippen molar-refractivity contribution < 1.29 is 22.7 Å². The van der Waals surface area contributed by atoms with Crippen molar-refractivity contribution in [2.24, 2.45) is 0 Å². The third-order valence-electron chi connectivity index (χ3n) is 3.60. The highest BCUT2D eigenvalue weighted by molar-refractivity contribution is 7.92. The van der Waals surface area contributed by atoms with Gasteiger partial charge in [-0.05, 0) is 45.0 Å². The Morgan fingerprint density at radius 3 is 2.35 bits per heavy atom. The number of esters is 1. The average Bonchev–Trinajstić information content (AvgIpc) is 2.61. The molecule has 2 rings (SSSR count). The summed E-state index contributed by atoms with van der Waals surface area (Å²) in [5.41, 5.74) is 1.28. The van der Waals surface area contributed by atoms with Crippen LogP contribution in [0.5, 0.6) is 5.75 Å². The number of rotatable bonds is 8. The van der Waals surface area contributed by atoms with Crippen LogP contribution in [-0.4, -0.2) is 34.1 Å². The molecule has 0 amide bonds. The van der Waals surface area contributed by atoms with Gasteiger partial charge in [0, 0.05) is 6.07 Å². The molecule has 0 radical (unpaired) electrons. The lowest BCUT2D eigenvalue weighted by Gasteiger charge is -2.24. The standard InChI is InChI=1S/C19H23NO5S/c1-4-24-17-8-6-7-16(13-17)20(14-19(21)25-5-2)26(22,23)18-11-9-15(3)10-12-18/h6-13H,4-5,14H2,1-3H3. The molecule has 2 aromatic rings. The zero-order chi connectivity index (χ0) is 19.2. The van der Waals surface area contributed by atoms with E-state index in [2.05, 4.69) is 0 Å². The monoisotopic (exact) mass is 377 g/mol. The Morgan fingerprint density at radius 1 is 1.04 bits per heavy atom. The Bertz CT molecular complexity index is 846. The van der Waals surface area contributed by atoms with Crippen LogP contribution in [0.3, 0.4) is 0 Å². The predicted molar refractivity (Wildman–Crippen MR) is 100.0 cm³/mol. The van der Waals surface area contributed by atoms with E-state index < -0.39 is 22.5 Å². The van der Waals surface area contributed by atoms with Gasteiger partial charge in [-0.25, -0.2) is 8.42 Å². The minimum Gasteiger partial charge on any atom is -0.494 e. The normalized spacial score (nSPS) is 11.0. The first-order valence-electron chi connectivity index (χ1n) is 8.36. The molecule has 0 spiro atoms. The highest BCUT2D eigenvalue weighted by Crippen LogP contribution is 2.27. The van der Waals surface area contributed by atoms with Crippen molar-refractivity contribution in [2.45, 2.75) is 25.7 Å². The summed E-state index contributed by atoms with van der Waals surface area (Å²) >= 11 is 0. The summed E-state index contributed by atoms with van der Waals surface area (Å²) in [5.74, 6) is -0.0945. The molecular weight excluding hydrogens is 354 g/mol. The Hall–Kier alpha value is -2.54. The molecular formula is C19H23NO5S. The fraction of sp³-hybridized carbons (Fsp3) is 0.316. The molecule has 0 aliphatic carbocycles. The highest BCUT2D eigenvalue weighted by atomic mass is 32.2. The Kier molecular flexibility index (Phi) is 6.63. The average molecular weight is 377 g/mol. The van der Waals surface area contributed by atoms with Crippen LogP contribution in [-0.2, 0) is 19.6 Å². The molecule has 0 N–H and O–H groups in total. The summed E-state index contributed by atoms with van der Waals surface area (Å²) in [4.78, 5) is 12.1.